The Morgan fingerprint density at radius 1 is 1.29 bits per heavy atom. The second kappa shape index (κ2) is 9.05. The molecule has 0 radical (unpaired) electrons. The second-order valence-electron chi connectivity index (χ2n) is 9.17. The minimum atomic E-state index is -0.238. The Bertz CT molecular complexity index is 992. The quantitative estimate of drug-likeness (QED) is 0.676. The summed E-state index contributed by atoms with van der Waals surface area (Å²) in [6.07, 6.45) is 6.17. The van der Waals surface area contributed by atoms with Gasteiger partial charge >= 0.3 is 0 Å². The molecule has 0 spiro atoms. The summed E-state index contributed by atoms with van der Waals surface area (Å²) in [6.45, 7) is 7.43. The van der Waals surface area contributed by atoms with Gasteiger partial charge in [0.1, 0.15) is 11.9 Å². The molecule has 166 valence electrons. The van der Waals surface area contributed by atoms with Crippen molar-refractivity contribution in [2.75, 3.05) is 17.7 Å². The molecule has 4 rings (SSSR count). The lowest BCUT2D eigenvalue weighted by atomic mass is 9.95. The summed E-state index contributed by atoms with van der Waals surface area (Å²) in [7, 11) is 0. The molecule has 1 aliphatic carbocycles. The highest BCUT2D eigenvalue weighted by Crippen LogP contribution is 2.34. The molecule has 8 nitrogen and oxygen atoms in total. The fraction of sp³-hybridized carbons (Fsp3) is 0.636. The Hall–Kier alpha value is -2.31. The van der Waals surface area contributed by atoms with Gasteiger partial charge in [0.25, 0.3) is 5.22 Å². The summed E-state index contributed by atoms with van der Waals surface area (Å²) in [4.78, 5) is 12.8. The van der Waals surface area contributed by atoms with E-state index in [4.69, 9.17) is 9.15 Å². The van der Waals surface area contributed by atoms with Crippen molar-refractivity contribution in [2.24, 2.45) is 0 Å². The van der Waals surface area contributed by atoms with Crippen LogP contribution in [0.25, 0.3) is 0 Å². The molecule has 1 aliphatic heterocycles. The van der Waals surface area contributed by atoms with Crippen molar-refractivity contribution in [1.82, 2.24) is 14.8 Å². The molecule has 0 aromatic carbocycles. The molecule has 3 heterocycles. The molecule has 2 aliphatic rings. The van der Waals surface area contributed by atoms with Gasteiger partial charge in [-0.3, -0.25) is 4.79 Å². The predicted molar refractivity (Wildman–Crippen MR) is 117 cm³/mol. The van der Waals surface area contributed by atoms with Crippen LogP contribution < -0.4 is 5.32 Å². The molecular formula is C22H29N5O3S. The van der Waals surface area contributed by atoms with Crippen molar-refractivity contribution in [3.05, 3.63) is 22.7 Å². The van der Waals surface area contributed by atoms with Crippen molar-refractivity contribution in [2.45, 2.75) is 82.6 Å². The first-order valence-corrected chi connectivity index (χ1v) is 11.9. The molecule has 1 saturated heterocycles. The van der Waals surface area contributed by atoms with Gasteiger partial charge in [-0.1, -0.05) is 32.5 Å². The van der Waals surface area contributed by atoms with Crippen molar-refractivity contribution < 1.29 is 13.9 Å². The molecule has 31 heavy (non-hydrogen) atoms. The summed E-state index contributed by atoms with van der Waals surface area (Å²) in [5.41, 5.74) is 2.62. The van der Waals surface area contributed by atoms with Crippen LogP contribution in [0.2, 0.25) is 0 Å². The Balaban J connectivity index is 1.51. The van der Waals surface area contributed by atoms with E-state index in [1.54, 1.807) is 0 Å². The number of amides is 1. The van der Waals surface area contributed by atoms with Crippen LogP contribution in [0, 0.1) is 11.3 Å². The number of hydrogen-bond acceptors (Lipinski definition) is 7. The van der Waals surface area contributed by atoms with Crippen LogP contribution in [0.3, 0.4) is 0 Å². The predicted octanol–water partition coefficient (Wildman–Crippen LogP) is 3.83. The number of ether oxygens (including phenoxy) is 1. The van der Waals surface area contributed by atoms with Crippen molar-refractivity contribution in [3.8, 4) is 6.07 Å². The molecule has 0 bridgehead atoms. The largest absolute Gasteiger partial charge is 0.415 e. The van der Waals surface area contributed by atoms with E-state index in [0.29, 0.717) is 29.0 Å². The zero-order valence-corrected chi connectivity index (χ0v) is 19.2. The second-order valence-corrected chi connectivity index (χ2v) is 10.1. The lowest BCUT2D eigenvalue weighted by Crippen LogP contribution is -2.23. The van der Waals surface area contributed by atoms with Gasteiger partial charge in [0.05, 0.1) is 24.0 Å². The fourth-order valence-electron chi connectivity index (χ4n) is 4.18. The number of fused-ring (bicyclic) bond motifs is 1. The van der Waals surface area contributed by atoms with Crippen LogP contribution in [-0.4, -0.2) is 39.1 Å². The zero-order valence-electron chi connectivity index (χ0n) is 18.4. The van der Waals surface area contributed by atoms with E-state index < -0.39 is 0 Å². The fourth-order valence-corrected chi connectivity index (χ4v) is 4.74. The van der Waals surface area contributed by atoms with Crippen LogP contribution >= 0.6 is 11.8 Å². The van der Waals surface area contributed by atoms with Gasteiger partial charge in [0.2, 0.25) is 11.8 Å². The minimum Gasteiger partial charge on any atom is -0.415 e. The van der Waals surface area contributed by atoms with Crippen LogP contribution in [0.1, 0.15) is 69.2 Å². The normalized spacial score (nSPS) is 18.6. The number of carbonyl (C=O) groups excluding carboxylic acids is 1. The van der Waals surface area contributed by atoms with Gasteiger partial charge in [-0.15, -0.1) is 10.2 Å². The molecule has 1 N–H and O–H groups in total. The maximum atomic E-state index is 12.8. The first kappa shape index (κ1) is 21.9. The molecule has 2 aromatic rings. The van der Waals surface area contributed by atoms with Crippen molar-refractivity contribution >= 4 is 23.5 Å². The smallest absolute Gasteiger partial charge is 0.277 e. The summed E-state index contributed by atoms with van der Waals surface area (Å²) in [6, 6.07) is 2.34. The van der Waals surface area contributed by atoms with E-state index in [1.807, 2.05) is 20.8 Å². The lowest BCUT2D eigenvalue weighted by molar-refractivity contribution is -0.113. The average molecular weight is 444 g/mol. The van der Waals surface area contributed by atoms with E-state index in [0.717, 1.165) is 50.7 Å². The summed E-state index contributed by atoms with van der Waals surface area (Å²) in [5.74, 6) is 1.09. The molecule has 0 saturated carbocycles. The highest BCUT2D eigenvalue weighted by molar-refractivity contribution is 7.99. The zero-order chi connectivity index (χ0) is 22.0. The monoisotopic (exact) mass is 443 g/mol. The summed E-state index contributed by atoms with van der Waals surface area (Å²) >= 11 is 1.20. The summed E-state index contributed by atoms with van der Waals surface area (Å²) < 4.78 is 13.6. The standard InChI is InChI=1S/C22H29N5O3S/c1-22(2,3)20-25-26-21(30-20)31-13-18(28)24-19-16(11-23)15-8-4-5-9-17(15)27(19)12-14-7-6-10-29-14/h14H,4-10,12-13H2,1-3H3,(H,24,28). The third kappa shape index (κ3) is 4.80. The van der Waals surface area contributed by atoms with E-state index >= 15 is 0 Å². The van der Waals surface area contributed by atoms with Crippen LogP contribution in [0.5, 0.6) is 0 Å². The number of nitrogens with zero attached hydrogens (tertiary/aromatic N) is 4. The van der Waals surface area contributed by atoms with Gasteiger partial charge in [-0.05, 0) is 44.1 Å². The number of rotatable bonds is 6. The third-order valence-corrected chi connectivity index (χ3v) is 6.55. The third-order valence-electron chi connectivity index (χ3n) is 5.73. The van der Waals surface area contributed by atoms with E-state index in [2.05, 4.69) is 26.2 Å². The van der Waals surface area contributed by atoms with Gasteiger partial charge in [0.15, 0.2) is 0 Å². The number of nitriles is 1. The van der Waals surface area contributed by atoms with Crippen LogP contribution in [0.4, 0.5) is 5.82 Å². The maximum absolute atomic E-state index is 12.8. The van der Waals surface area contributed by atoms with Crippen molar-refractivity contribution in [1.29, 1.82) is 5.26 Å². The first-order chi connectivity index (χ1) is 14.9. The van der Waals surface area contributed by atoms with Crippen LogP contribution in [-0.2, 0) is 34.3 Å². The molecule has 9 heteroatoms. The van der Waals surface area contributed by atoms with Crippen LogP contribution in [0.15, 0.2) is 9.64 Å². The van der Waals surface area contributed by atoms with Crippen molar-refractivity contribution in [3.63, 3.8) is 0 Å². The van der Waals surface area contributed by atoms with E-state index in [1.165, 1.54) is 17.5 Å². The number of carbonyl (C=O) groups is 1. The number of anilines is 1. The van der Waals surface area contributed by atoms with Gasteiger partial charge < -0.3 is 19.0 Å². The molecular weight excluding hydrogens is 414 g/mol. The van der Waals surface area contributed by atoms with Gasteiger partial charge in [0, 0.05) is 17.7 Å². The van der Waals surface area contributed by atoms with Gasteiger partial charge in [-0.2, -0.15) is 5.26 Å². The Morgan fingerprint density at radius 3 is 2.77 bits per heavy atom. The molecule has 2 aromatic heterocycles. The number of hydrogen-bond donors (Lipinski definition) is 1. The lowest BCUT2D eigenvalue weighted by Gasteiger charge is -2.19. The SMILES string of the molecule is CC(C)(C)c1nnc(SCC(=O)Nc2c(C#N)c3c(n2CC2CCCO2)CCCC3)o1. The minimum absolute atomic E-state index is 0.129. The van der Waals surface area contributed by atoms with Gasteiger partial charge in [-0.25, -0.2) is 0 Å². The maximum Gasteiger partial charge on any atom is 0.277 e. The number of thioether (sulfide) groups is 1. The molecule has 1 fully saturated rings. The molecule has 1 amide bonds. The molecule has 1 unspecified atom stereocenters. The molecule has 1 atom stereocenters. The first-order valence-electron chi connectivity index (χ1n) is 10.9. The number of nitrogens with one attached hydrogen (secondary N) is 1. The topological polar surface area (TPSA) is 106 Å². The average Bonchev–Trinajstić information content (AvgIpc) is 3.47. The highest BCUT2D eigenvalue weighted by Gasteiger charge is 2.28. The Labute approximate surface area is 186 Å². The highest BCUT2D eigenvalue weighted by atomic mass is 32.2. The number of aromatic nitrogens is 3. The summed E-state index contributed by atoms with van der Waals surface area (Å²) in [5, 5.41) is 21.3. The van der Waals surface area contributed by atoms with E-state index in [9.17, 15) is 10.1 Å². The van der Waals surface area contributed by atoms with E-state index in [-0.39, 0.29) is 23.2 Å². The Kier molecular flexibility index (Phi) is 6.39. The Morgan fingerprint density at radius 2 is 2.10 bits per heavy atom.